The first-order chi connectivity index (χ1) is 14.5. The lowest BCUT2D eigenvalue weighted by molar-refractivity contribution is -0.139. The Morgan fingerprint density at radius 3 is 2.53 bits per heavy atom. The van der Waals surface area contributed by atoms with Gasteiger partial charge in [0.25, 0.3) is 0 Å². The van der Waals surface area contributed by atoms with Gasteiger partial charge in [-0.15, -0.1) is 0 Å². The molecule has 7 nitrogen and oxygen atoms in total. The Balaban J connectivity index is 1.43. The molecule has 30 heavy (non-hydrogen) atoms. The van der Waals surface area contributed by atoms with E-state index in [-0.39, 0.29) is 12.7 Å². The van der Waals surface area contributed by atoms with Gasteiger partial charge < -0.3 is 14.8 Å². The average molecular weight is 450 g/mol. The topological polar surface area (TPSA) is 89.0 Å². The second kappa shape index (κ2) is 11.0. The molecule has 0 aromatic heterocycles. The van der Waals surface area contributed by atoms with Crippen molar-refractivity contribution in [2.24, 2.45) is 5.10 Å². The Morgan fingerprint density at radius 1 is 1.13 bits per heavy atom. The van der Waals surface area contributed by atoms with Gasteiger partial charge in [0.15, 0.2) is 0 Å². The number of nitrogens with zero attached hydrogens (tertiary/aromatic N) is 1. The van der Waals surface area contributed by atoms with Crippen molar-refractivity contribution < 1.29 is 19.1 Å². The first-order valence-electron chi connectivity index (χ1n) is 9.41. The zero-order valence-electron chi connectivity index (χ0n) is 16.1. The maximum Gasteiger partial charge on any atom is 0.329 e. The smallest absolute Gasteiger partial charge is 0.329 e. The molecule has 0 unspecified atom stereocenters. The van der Waals surface area contributed by atoms with Gasteiger partial charge in [-0.05, 0) is 54.8 Å². The second-order valence-electron chi connectivity index (χ2n) is 6.60. The maximum atomic E-state index is 11.7. The molecule has 1 heterocycles. The van der Waals surface area contributed by atoms with Gasteiger partial charge in [-0.25, -0.2) is 5.43 Å². The Labute approximate surface area is 184 Å². The highest BCUT2D eigenvalue weighted by Crippen LogP contribution is 2.25. The number of ether oxygens (including phenoxy) is 2. The van der Waals surface area contributed by atoms with Gasteiger partial charge >= 0.3 is 11.8 Å². The van der Waals surface area contributed by atoms with Crippen molar-refractivity contribution in [1.29, 1.82) is 0 Å². The standard InChI is InChI=1S/C21H21Cl2N3O4/c22-18-4-1-5-19(23)17(18)13-30-15-8-6-14(7-9-15)11-25-26-21(28)20(27)24-12-16-3-2-10-29-16/h1,4-9,11,16H,2-3,10,12-13H2,(H,24,27)(H,26,28)/b25-11-/t16-/m1/s1. The van der Waals surface area contributed by atoms with Gasteiger partial charge in [0, 0.05) is 28.8 Å². The normalized spacial score (nSPS) is 15.9. The molecule has 2 amide bonds. The van der Waals surface area contributed by atoms with Crippen LogP contribution in [0.2, 0.25) is 10.0 Å². The zero-order valence-corrected chi connectivity index (χ0v) is 17.6. The van der Waals surface area contributed by atoms with Crippen LogP contribution in [0.4, 0.5) is 0 Å². The number of halogens is 2. The lowest BCUT2D eigenvalue weighted by Gasteiger charge is -2.10. The van der Waals surface area contributed by atoms with Crippen molar-refractivity contribution in [3.8, 4) is 5.75 Å². The molecule has 2 aromatic carbocycles. The summed E-state index contributed by atoms with van der Waals surface area (Å²) in [5, 5.41) is 7.41. The largest absolute Gasteiger partial charge is 0.489 e. The molecule has 9 heteroatoms. The molecule has 0 radical (unpaired) electrons. The van der Waals surface area contributed by atoms with Crippen molar-refractivity contribution >= 4 is 41.2 Å². The van der Waals surface area contributed by atoms with Crippen molar-refractivity contribution in [2.45, 2.75) is 25.6 Å². The third-order valence-electron chi connectivity index (χ3n) is 4.43. The molecule has 1 aliphatic rings. The summed E-state index contributed by atoms with van der Waals surface area (Å²) < 4.78 is 11.1. The van der Waals surface area contributed by atoms with Gasteiger partial charge in [0.05, 0.1) is 12.3 Å². The molecule has 0 bridgehead atoms. The van der Waals surface area contributed by atoms with E-state index in [1.54, 1.807) is 42.5 Å². The number of rotatable bonds is 7. The lowest BCUT2D eigenvalue weighted by atomic mass is 10.2. The summed E-state index contributed by atoms with van der Waals surface area (Å²) in [5.41, 5.74) is 3.63. The van der Waals surface area contributed by atoms with Gasteiger partial charge in [-0.2, -0.15) is 5.10 Å². The Kier molecular flexibility index (Phi) is 8.07. The number of hydrazone groups is 1. The lowest BCUT2D eigenvalue weighted by Crippen LogP contribution is -2.41. The minimum atomic E-state index is -0.833. The molecule has 2 N–H and O–H groups in total. The summed E-state index contributed by atoms with van der Waals surface area (Å²) in [6.07, 6.45) is 3.25. The third kappa shape index (κ3) is 6.45. The first-order valence-corrected chi connectivity index (χ1v) is 10.2. The Hall–Kier alpha value is -2.61. The van der Waals surface area contributed by atoms with Crippen LogP contribution >= 0.6 is 23.2 Å². The number of amides is 2. The van der Waals surface area contributed by atoms with E-state index >= 15 is 0 Å². The van der Waals surface area contributed by atoms with Crippen molar-refractivity contribution in [3.05, 3.63) is 63.6 Å². The highest BCUT2D eigenvalue weighted by Gasteiger charge is 2.18. The van der Waals surface area contributed by atoms with Crippen LogP contribution in [0.25, 0.3) is 0 Å². The molecular formula is C21H21Cl2N3O4. The molecule has 1 atom stereocenters. The average Bonchev–Trinajstić information content (AvgIpc) is 3.26. The van der Waals surface area contributed by atoms with E-state index < -0.39 is 11.8 Å². The van der Waals surface area contributed by atoms with Crippen molar-refractivity contribution in [1.82, 2.24) is 10.7 Å². The molecule has 1 fully saturated rings. The molecule has 0 spiro atoms. The molecule has 0 saturated carbocycles. The van der Waals surface area contributed by atoms with Crippen LogP contribution in [0.5, 0.6) is 5.75 Å². The summed E-state index contributed by atoms with van der Waals surface area (Å²) in [5.74, 6) is -0.953. The van der Waals surface area contributed by atoms with E-state index in [9.17, 15) is 9.59 Å². The van der Waals surface area contributed by atoms with Crippen molar-refractivity contribution in [3.63, 3.8) is 0 Å². The minimum absolute atomic E-state index is 0.0278. The maximum absolute atomic E-state index is 11.7. The van der Waals surface area contributed by atoms with E-state index in [0.717, 1.165) is 18.4 Å². The monoisotopic (exact) mass is 449 g/mol. The fourth-order valence-electron chi connectivity index (χ4n) is 2.78. The molecular weight excluding hydrogens is 429 g/mol. The Morgan fingerprint density at radius 2 is 1.87 bits per heavy atom. The number of carbonyl (C=O) groups excluding carboxylic acids is 2. The van der Waals surface area contributed by atoms with Crippen LogP contribution in [-0.4, -0.2) is 37.3 Å². The summed E-state index contributed by atoms with van der Waals surface area (Å²) in [6, 6.07) is 12.3. The molecule has 2 aromatic rings. The van der Waals surface area contributed by atoms with Gasteiger partial charge in [0.1, 0.15) is 12.4 Å². The predicted molar refractivity (Wildman–Crippen MR) is 115 cm³/mol. The number of nitrogens with one attached hydrogen (secondary N) is 2. The van der Waals surface area contributed by atoms with Crippen LogP contribution in [0.15, 0.2) is 47.6 Å². The van der Waals surface area contributed by atoms with E-state index in [1.807, 2.05) is 0 Å². The summed E-state index contributed by atoms with van der Waals surface area (Å²) in [7, 11) is 0. The molecule has 1 aliphatic heterocycles. The second-order valence-corrected chi connectivity index (χ2v) is 7.42. The summed E-state index contributed by atoms with van der Waals surface area (Å²) in [6.45, 7) is 1.24. The van der Waals surface area contributed by atoms with Crippen LogP contribution in [-0.2, 0) is 20.9 Å². The predicted octanol–water partition coefficient (Wildman–Crippen LogP) is 3.32. The molecule has 0 aliphatic carbocycles. The first kappa shape index (κ1) is 22.1. The van der Waals surface area contributed by atoms with Crippen molar-refractivity contribution in [2.75, 3.05) is 13.2 Å². The van der Waals surface area contributed by atoms with Crippen LogP contribution in [0.3, 0.4) is 0 Å². The van der Waals surface area contributed by atoms with E-state index in [1.165, 1.54) is 6.21 Å². The number of hydrogen-bond donors (Lipinski definition) is 2. The fourth-order valence-corrected chi connectivity index (χ4v) is 3.29. The fraction of sp³-hybridized carbons (Fsp3) is 0.286. The number of carbonyl (C=O) groups is 2. The summed E-state index contributed by atoms with van der Waals surface area (Å²) in [4.78, 5) is 23.5. The van der Waals surface area contributed by atoms with Gasteiger partial charge in [-0.1, -0.05) is 29.3 Å². The molecule has 1 saturated heterocycles. The van der Waals surface area contributed by atoms with Gasteiger partial charge in [0.2, 0.25) is 0 Å². The van der Waals surface area contributed by atoms with Crippen LogP contribution in [0, 0.1) is 0 Å². The number of hydrogen-bond acceptors (Lipinski definition) is 5. The number of benzene rings is 2. The SMILES string of the molecule is O=C(NC[C@H]1CCCO1)C(=O)N/N=C\c1ccc(OCc2c(Cl)cccc2Cl)cc1. The quantitative estimate of drug-likeness (QED) is 0.385. The third-order valence-corrected chi connectivity index (χ3v) is 5.13. The van der Waals surface area contributed by atoms with Crippen LogP contribution < -0.4 is 15.5 Å². The van der Waals surface area contributed by atoms with E-state index in [4.69, 9.17) is 32.7 Å². The highest BCUT2D eigenvalue weighted by atomic mass is 35.5. The van der Waals surface area contributed by atoms with E-state index in [0.29, 0.717) is 34.5 Å². The zero-order chi connectivity index (χ0) is 21.3. The van der Waals surface area contributed by atoms with Gasteiger partial charge in [-0.3, -0.25) is 9.59 Å². The van der Waals surface area contributed by atoms with E-state index in [2.05, 4.69) is 15.8 Å². The van der Waals surface area contributed by atoms with Crippen LogP contribution in [0.1, 0.15) is 24.0 Å². The Bertz CT molecular complexity index is 893. The minimum Gasteiger partial charge on any atom is -0.489 e. The summed E-state index contributed by atoms with van der Waals surface area (Å²) >= 11 is 12.3. The highest BCUT2D eigenvalue weighted by molar-refractivity contribution is 6.36. The molecule has 158 valence electrons. The molecule has 3 rings (SSSR count).